The Bertz CT molecular complexity index is 996. The molecule has 0 heterocycles. The van der Waals surface area contributed by atoms with Crippen molar-refractivity contribution < 1.29 is 52.4 Å². The van der Waals surface area contributed by atoms with E-state index in [1.807, 2.05) is 6.92 Å². The van der Waals surface area contributed by atoms with E-state index < -0.39 is 36.3 Å². The van der Waals surface area contributed by atoms with Crippen LogP contribution in [-0.4, -0.2) is 87.1 Å². The molecule has 0 fully saturated rings. The van der Waals surface area contributed by atoms with Crippen LogP contribution in [0, 0.1) is 24.7 Å². The SMILES string of the molecule is C#CCOC(CC)COC(=O)/C=C/SCCCCCCS/C=C/C(=O)OCCCOC(=O)CC(=O)OCCCOC(=O)C#C. The van der Waals surface area contributed by atoms with Gasteiger partial charge in [0.1, 0.15) is 19.6 Å². The van der Waals surface area contributed by atoms with Crippen LogP contribution in [0.4, 0.5) is 0 Å². The zero-order chi connectivity index (χ0) is 32.7. The summed E-state index contributed by atoms with van der Waals surface area (Å²) in [6.07, 6.45) is 17.4. The summed E-state index contributed by atoms with van der Waals surface area (Å²) in [5.41, 5.74) is 0. The monoisotopic (exact) mass is 654 g/mol. The van der Waals surface area contributed by atoms with E-state index in [4.69, 9.17) is 36.5 Å². The number of terminal acetylenes is 2. The summed E-state index contributed by atoms with van der Waals surface area (Å²) in [6.45, 7) is 2.35. The van der Waals surface area contributed by atoms with Gasteiger partial charge in [0.15, 0.2) is 0 Å². The molecule has 0 saturated heterocycles. The summed E-state index contributed by atoms with van der Waals surface area (Å²) in [7, 11) is 0. The van der Waals surface area contributed by atoms with Crippen molar-refractivity contribution in [3.63, 3.8) is 0 Å². The first-order valence-corrected chi connectivity index (χ1v) is 16.3. The number of unbranched alkanes of at least 4 members (excludes halogenated alkanes) is 3. The molecule has 0 spiro atoms. The molecule has 11 nitrogen and oxygen atoms in total. The Morgan fingerprint density at radius 3 is 1.75 bits per heavy atom. The highest BCUT2D eigenvalue weighted by atomic mass is 32.2. The maximum Gasteiger partial charge on any atom is 0.384 e. The zero-order valence-corrected chi connectivity index (χ0v) is 26.8. The minimum absolute atomic E-state index is 0.00254. The van der Waals surface area contributed by atoms with Crippen LogP contribution in [0.15, 0.2) is 23.0 Å². The summed E-state index contributed by atoms with van der Waals surface area (Å²) >= 11 is 3.08. The average molecular weight is 655 g/mol. The molecular weight excluding hydrogens is 612 g/mol. The molecule has 0 aliphatic heterocycles. The van der Waals surface area contributed by atoms with Gasteiger partial charge in [0.25, 0.3) is 0 Å². The van der Waals surface area contributed by atoms with Crippen LogP contribution in [0.5, 0.6) is 0 Å². The summed E-state index contributed by atoms with van der Waals surface area (Å²) in [4.78, 5) is 57.4. The van der Waals surface area contributed by atoms with Crippen molar-refractivity contribution in [3.8, 4) is 24.7 Å². The minimum atomic E-state index is -0.801. The maximum atomic E-state index is 11.7. The Kier molecular flexibility index (Phi) is 27.4. The summed E-state index contributed by atoms with van der Waals surface area (Å²) in [5.74, 6) is 2.76. The fraction of sp³-hybridized carbons (Fsp3) is 0.581. The minimum Gasteiger partial charge on any atom is -0.465 e. The molecule has 0 aromatic rings. The molecule has 244 valence electrons. The van der Waals surface area contributed by atoms with Crippen molar-refractivity contribution in [2.24, 2.45) is 0 Å². The molecule has 0 aliphatic carbocycles. The number of hydrogen-bond acceptors (Lipinski definition) is 13. The van der Waals surface area contributed by atoms with Crippen molar-refractivity contribution in [1.29, 1.82) is 0 Å². The topological polar surface area (TPSA) is 141 Å². The first-order valence-electron chi connectivity index (χ1n) is 14.2. The number of esters is 5. The second kappa shape index (κ2) is 29.7. The lowest BCUT2D eigenvalue weighted by molar-refractivity contribution is -0.155. The van der Waals surface area contributed by atoms with E-state index in [1.54, 1.807) is 28.5 Å². The van der Waals surface area contributed by atoms with Gasteiger partial charge in [0.05, 0.1) is 32.5 Å². The highest BCUT2D eigenvalue weighted by molar-refractivity contribution is 8.02. The molecular formula is C31H42O11S2. The lowest BCUT2D eigenvalue weighted by Gasteiger charge is -2.13. The molecule has 0 radical (unpaired) electrons. The lowest BCUT2D eigenvalue weighted by atomic mass is 10.2. The molecule has 0 rings (SSSR count). The normalized spacial score (nSPS) is 11.3. The van der Waals surface area contributed by atoms with Gasteiger partial charge in [-0.2, -0.15) is 0 Å². The highest BCUT2D eigenvalue weighted by Crippen LogP contribution is 2.12. The van der Waals surface area contributed by atoms with Gasteiger partial charge in [0, 0.05) is 30.9 Å². The molecule has 0 aliphatic rings. The van der Waals surface area contributed by atoms with Crippen molar-refractivity contribution in [3.05, 3.63) is 23.0 Å². The van der Waals surface area contributed by atoms with E-state index in [2.05, 4.69) is 10.7 Å². The second-order valence-electron chi connectivity index (χ2n) is 8.71. The molecule has 0 saturated carbocycles. The standard InChI is InChI=1S/C31H42O11S2/c1-4-15-37-26(5-2)25-42-29(34)14-23-44-21-10-8-7-9-20-43-22-13-28(33)39-17-12-19-41-31(36)24-30(35)40-18-11-16-38-27(32)6-3/h1,3,13-14,22-23,26H,5,7-12,15-21,24-25H2,2H3/b22-13+,23-14+. The van der Waals surface area contributed by atoms with E-state index in [-0.39, 0.29) is 58.6 Å². The molecule has 1 atom stereocenters. The van der Waals surface area contributed by atoms with E-state index in [1.165, 1.54) is 23.9 Å². The van der Waals surface area contributed by atoms with Crippen LogP contribution in [-0.2, 0) is 52.4 Å². The fourth-order valence-electron chi connectivity index (χ4n) is 2.88. The molecule has 0 N–H and O–H groups in total. The molecule has 1 unspecified atom stereocenters. The highest BCUT2D eigenvalue weighted by Gasteiger charge is 2.12. The Balaban J connectivity index is 3.62. The van der Waals surface area contributed by atoms with Gasteiger partial charge >= 0.3 is 29.8 Å². The molecule has 44 heavy (non-hydrogen) atoms. The first kappa shape index (κ1) is 40.6. The van der Waals surface area contributed by atoms with E-state index >= 15 is 0 Å². The number of hydrogen-bond donors (Lipinski definition) is 0. The number of carbonyl (C=O) groups is 5. The summed E-state index contributed by atoms with van der Waals surface area (Å²) in [5, 5.41) is 3.44. The van der Waals surface area contributed by atoms with Gasteiger partial charge in [-0.3, -0.25) is 9.59 Å². The second-order valence-corrected chi connectivity index (χ2v) is 10.7. The number of carbonyl (C=O) groups excluding carboxylic acids is 5. The van der Waals surface area contributed by atoms with Gasteiger partial charge in [0.2, 0.25) is 0 Å². The maximum absolute atomic E-state index is 11.7. The largest absolute Gasteiger partial charge is 0.465 e. The quantitative estimate of drug-likeness (QED) is 0.0253. The molecule has 0 bridgehead atoms. The Labute approximate surface area is 268 Å². The van der Waals surface area contributed by atoms with Crippen molar-refractivity contribution in [2.75, 3.05) is 51.1 Å². The third kappa shape index (κ3) is 27.4. The Morgan fingerprint density at radius 2 is 1.23 bits per heavy atom. The van der Waals surface area contributed by atoms with Crippen LogP contribution in [0.25, 0.3) is 0 Å². The predicted octanol–water partition coefficient (Wildman–Crippen LogP) is 3.99. The Morgan fingerprint density at radius 1 is 0.705 bits per heavy atom. The van der Waals surface area contributed by atoms with Crippen LogP contribution in [0.3, 0.4) is 0 Å². The van der Waals surface area contributed by atoms with Crippen LogP contribution in [0.1, 0.15) is 58.3 Å². The van der Waals surface area contributed by atoms with E-state index in [9.17, 15) is 24.0 Å². The number of ether oxygens (including phenoxy) is 6. The van der Waals surface area contributed by atoms with E-state index in [0.29, 0.717) is 6.42 Å². The van der Waals surface area contributed by atoms with E-state index in [0.717, 1.165) is 37.2 Å². The van der Waals surface area contributed by atoms with Crippen molar-refractivity contribution in [1.82, 2.24) is 0 Å². The zero-order valence-electron chi connectivity index (χ0n) is 25.2. The van der Waals surface area contributed by atoms with Crippen LogP contribution in [0.2, 0.25) is 0 Å². The van der Waals surface area contributed by atoms with Gasteiger partial charge in [-0.05, 0) is 41.6 Å². The average Bonchev–Trinajstić information content (AvgIpc) is 3.01. The third-order valence-corrected chi connectivity index (χ3v) is 6.84. The smallest absolute Gasteiger partial charge is 0.384 e. The van der Waals surface area contributed by atoms with Crippen molar-refractivity contribution >= 4 is 53.4 Å². The molecule has 0 aromatic heterocycles. The first-order chi connectivity index (χ1) is 21.3. The predicted molar refractivity (Wildman–Crippen MR) is 168 cm³/mol. The number of rotatable bonds is 26. The van der Waals surface area contributed by atoms with Gasteiger partial charge in [-0.15, -0.1) is 36.4 Å². The molecule has 13 heteroatoms. The lowest BCUT2D eigenvalue weighted by Crippen LogP contribution is -2.21. The summed E-state index contributed by atoms with van der Waals surface area (Å²) < 4.78 is 29.9. The Hall–Kier alpha value is -3.39. The van der Waals surface area contributed by atoms with Gasteiger partial charge in [-0.1, -0.05) is 25.7 Å². The third-order valence-electron chi connectivity index (χ3n) is 5.13. The van der Waals surface area contributed by atoms with Crippen LogP contribution >= 0.6 is 23.5 Å². The van der Waals surface area contributed by atoms with Gasteiger partial charge in [-0.25, -0.2) is 14.4 Å². The molecule has 0 amide bonds. The fourth-order valence-corrected chi connectivity index (χ4v) is 4.31. The van der Waals surface area contributed by atoms with Crippen molar-refractivity contribution in [2.45, 2.75) is 64.4 Å². The molecule has 0 aromatic carbocycles. The summed E-state index contributed by atoms with van der Waals surface area (Å²) in [6, 6.07) is 0. The van der Waals surface area contributed by atoms with Gasteiger partial charge < -0.3 is 28.4 Å². The number of thioether (sulfide) groups is 2. The van der Waals surface area contributed by atoms with Crippen LogP contribution < -0.4 is 0 Å².